The van der Waals surface area contributed by atoms with Crippen LogP contribution in [0.4, 0.5) is 15.5 Å². The van der Waals surface area contributed by atoms with Crippen LogP contribution in [0.25, 0.3) is 0 Å². The summed E-state index contributed by atoms with van der Waals surface area (Å²) in [5.41, 5.74) is 1.33. The number of aryl methyl sites for hydroxylation is 1. The molecule has 10 nitrogen and oxygen atoms in total. The van der Waals surface area contributed by atoms with Gasteiger partial charge in [-0.05, 0) is 42.8 Å². The lowest BCUT2D eigenvalue weighted by Gasteiger charge is -2.24. The van der Waals surface area contributed by atoms with Crippen LogP contribution in [-0.2, 0) is 11.3 Å². The summed E-state index contributed by atoms with van der Waals surface area (Å²) in [5.74, 6) is -3.08. The van der Waals surface area contributed by atoms with Gasteiger partial charge in [0, 0.05) is 22.7 Å². The Kier molecular flexibility index (Phi) is 8.18. The number of carboxylic acid groups (broad SMARTS) is 2. The van der Waals surface area contributed by atoms with E-state index in [0.29, 0.717) is 5.69 Å². The van der Waals surface area contributed by atoms with E-state index in [9.17, 15) is 29.4 Å². The van der Waals surface area contributed by atoms with E-state index >= 15 is 0 Å². The lowest BCUT2D eigenvalue weighted by molar-refractivity contribution is -0.147. The van der Waals surface area contributed by atoms with E-state index in [1.165, 1.54) is 35.2 Å². The summed E-state index contributed by atoms with van der Waals surface area (Å²) in [5, 5.41) is 33.4. The van der Waals surface area contributed by atoms with E-state index in [0.717, 1.165) is 21.8 Å². The third-order valence-corrected chi connectivity index (χ3v) is 5.85. The molecule has 0 aliphatic rings. The number of aliphatic hydroxyl groups is 1. The Morgan fingerprint density at radius 1 is 0.971 bits per heavy atom. The number of hydrogen-bond donors (Lipinski definition) is 5. The molecule has 3 rings (SSSR count). The number of anilines is 2. The van der Waals surface area contributed by atoms with E-state index in [1.807, 2.05) is 6.07 Å². The molecule has 0 radical (unpaired) electrons. The van der Waals surface area contributed by atoms with E-state index in [1.54, 1.807) is 31.2 Å². The lowest BCUT2D eigenvalue weighted by Crippen LogP contribution is -2.40. The molecule has 1 aromatic heterocycles. The number of amides is 3. The maximum absolute atomic E-state index is 13.1. The predicted molar refractivity (Wildman–Crippen MR) is 130 cm³/mol. The van der Waals surface area contributed by atoms with Crippen molar-refractivity contribution in [1.29, 1.82) is 0 Å². The first kappa shape index (κ1) is 25.4. The molecule has 1 heterocycles. The van der Waals surface area contributed by atoms with Crippen molar-refractivity contribution in [2.24, 2.45) is 0 Å². The molecule has 0 bridgehead atoms. The van der Waals surface area contributed by atoms with Gasteiger partial charge in [-0.3, -0.25) is 10.1 Å². The summed E-state index contributed by atoms with van der Waals surface area (Å²) in [7, 11) is 0. The number of nitrogens with one attached hydrogen (secondary N) is 2. The van der Waals surface area contributed by atoms with Crippen LogP contribution in [0.15, 0.2) is 60.7 Å². The minimum Gasteiger partial charge on any atom is -0.479 e. The zero-order valence-electron chi connectivity index (χ0n) is 18.6. The number of carbonyl (C=O) groups is 4. The molecule has 0 fully saturated rings. The van der Waals surface area contributed by atoms with Crippen molar-refractivity contribution in [2.75, 3.05) is 17.2 Å². The zero-order chi connectivity index (χ0) is 25.5. The summed E-state index contributed by atoms with van der Waals surface area (Å²) >= 11 is 1.13. The van der Waals surface area contributed by atoms with E-state index in [-0.39, 0.29) is 22.7 Å². The number of aromatic carboxylic acids is 1. The molecule has 35 heavy (non-hydrogen) atoms. The number of carboxylic acids is 2. The standard InChI is InChI=1S/C24H23N3O7S/c1-14-11-18(22(30)31)20(35-14)26-24(34)25-17-9-7-16(8-10-17)21(29)27(13-19(28)23(32)33)12-15-5-3-2-4-6-15/h2-11,19,28H,12-13H2,1H3,(H,30,31)(H,32,33)(H2,25,26,34)/t19-/m1/s1. The number of hydrogen-bond acceptors (Lipinski definition) is 6. The summed E-state index contributed by atoms with van der Waals surface area (Å²) in [6.07, 6.45) is -1.75. The third-order valence-electron chi connectivity index (χ3n) is 4.88. The second-order valence-electron chi connectivity index (χ2n) is 7.59. The largest absolute Gasteiger partial charge is 0.479 e. The van der Waals surface area contributed by atoms with Crippen LogP contribution in [0.3, 0.4) is 0 Å². The van der Waals surface area contributed by atoms with Gasteiger partial charge in [-0.15, -0.1) is 11.3 Å². The molecule has 0 saturated heterocycles. The predicted octanol–water partition coefficient (Wildman–Crippen LogP) is 3.49. The average molecular weight is 498 g/mol. The molecule has 11 heteroatoms. The Labute approximate surface area is 204 Å². The van der Waals surface area contributed by atoms with Crippen molar-refractivity contribution in [2.45, 2.75) is 19.6 Å². The number of urea groups is 1. The topological polar surface area (TPSA) is 156 Å². The first-order chi connectivity index (χ1) is 16.6. The van der Waals surface area contributed by atoms with E-state index in [2.05, 4.69) is 10.6 Å². The normalized spacial score (nSPS) is 11.4. The van der Waals surface area contributed by atoms with Crippen molar-refractivity contribution in [3.05, 3.63) is 82.2 Å². The van der Waals surface area contributed by atoms with Crippen LogP contribution in [0.1, 0.15) is 31.2 Å². The first-order valence-electron chi connectivity index (χ1n) is 10.4. The molecule has 3 aromatic rings. The molecule has 3 amide bonds. The molecule has 1 atom stereocenters. The highest BCUT2D eigenvalue weighted by Gasteiger charge is 2.23. The monoisotopic (exact) mass is 497 g/mol. The second-order valence-corrected chi connectivity index (χ2v) is 8.84. The van der Waals surface area contributed by atoms with Crippen molar-refractivity contribution in [3.8, 4) is 0 Å². The number of aliphatic hydroxyl groups excluding tert-OH is 1. The molecular weight excluding hydrogens is 474 g/mol. The molecule has 5 N–H and O–H groups in total. The van der Waals surface area contributed by atoms with Crippen molar-refractivity contribution >= 4 is 45.9 Å². The minimum atomic E-state index is -1.75. The number of thiophene rings is 1. The lowest BCUT2D eigenvalue weighted by atomic mass is 10.1. The maximum Gasteiger partial charge on any atom is 0.338 e. The molecule has 0 aliphatic heterocycles. The molecule has 2 aromatic carbocycles. The van der Waals surface area contributed by atoms with Gasteiger partial charge in [0.05, 0.1) is 12.1 Å². The van der Waals surface area contributed by atoms with Crippen molar-refractivity contribution in [3.63, 3.8) is 0 Å². The van der Waals surface area contributed by atoms with Crippen LogP contribution >= 0.6 is 11.3 Å². The molecule has 182 valence electrons. The van der Waals surface area contributed by atoms with Crippen LogP contribution < -0.4 is 10.6 Å². The summed E-state index contributed by atoms with van der Waals surface area (Å²) in [6.45, 7) is 1.42. The quantitative estimate of drug-likeness (QED) is 0.303. The summed E-state index contributed by atoms with van der Waals surface area (Å²) < 4.78 is 0. The zero-order valence-corrected chi connectivity index (χ0v) is 19.4. The Hall–Kier alpha value is -4.22. The SMILES string of the molecule is Cc1cc(C(=O)O)c(NC(=O)Nc2ccc(C(=O)N(Cc3ccccc3)C[C@@H](O)C(=O)O)cc2)s1. The highest BCUT2D eigenvalue weighted by Crippen LogP contribution is 2.27. The first-order valence-corrected chi connectivity index (χ1v) is 11.2. The van der Waals surface area contributed by atoms with Crippen LogP contribution in [0.5, 0.6) is 0 Å². The van der Waals surface area contributed by atoms with Crippen LogP contribution in [0.2, 0.25) is 0 Å². The average Bonchev–Trinajstić information content (AvgIpc) is 3.19. The summed E-state index contributed by atoms with van der Waals surface area (Å²) in [4.78, 5) is 49.7. The van der Waals surface area contributed by atoms with Gasteiger partial charge >= 0.3 is 18.0 Å². The van der Waals surface area contributed by atoms with Crippen LogP contribution in [-0.4, -0.2) is 56.7 Å². The van der Waals surface area contributed by atoms with Gasteiger partial charge in [-0.1, -0.05) is 30.3 Å². The molecule has 0 aliphatic carbocycles. The number of rotatable bonds is 9. The van der Waals surface area contributed by atoms with E-state index < -0.39 is 36.5 Å². The van der Waals surface area contributed by atoms with Crippen molar-refractivity contribution in [1.82, 2.24) is 4.90 Å². The number of carbonyl (C=O) groups excluding carboxylic acids is 2. The summed E-state index contributed by atoms with van der Waals surface area (Å²) in [6, 6.07) is 15.6. The van der Waals surface area contributed by atoms with Crippen LogP contribution in [0, 0.1) is 6.92 Å². The maximum atomic E-state index is 13.1. The van der Waals surface area contributed by atoms with Gasteiger partial charge in [0.15, 0.2) is 6.10 Å². The van der Waals surface area contributed by atoms with Gasteiger partial charge in [-0.25, -0.2) is 14.4 Å². The highest BCUT2D eigenvalue weighted by molar-refractivity contribution is 7.16. The van der Waals surface area contributed by atoms with Gasteiger partial charge in [0.1, 0.15) is 5.00 Å². The van der Waals surface area contributed by atoms with Gasteiger partial charge in [0.25, 0.3) is 5.91 Å². The highest BCUT2D eigenvalue weighted by atomic mass is 32.1. The molecule has 0 saturated carbocycles. The minimum absolute atomic E-state index is 0.00866. The molecule has 0 spiro atoms. The fourth-order valence-corrected chi connectivity index (χ4v) is 4.12. The van der Waals surface area contributed by atoms with Gasteiger partial charge < -0.3 is 25.5 Å². The smallest absolute Gasteiger partial charge is 0.338 e. The van der Waals surface area contributed by atoms with Gasteiger partial charge in [0.2, 0.25) is 0 Å². The fourth-order valence-electron chi connectivity index (χ4n) is 3.22. The molecular formula is C24H23N3O7S. The Morgan fingerprint density at radius 3 is 2.23 bits per heavy atom. The van der Waals surface area contributed by atoms with Gasteiger partial charge in [-0.2, -0.15) is 0 Å². The second kappa shape index (κ2) is 11.3. The number of aliphatic carboxylic acids is 1. The Balaban J connectivity index is 1.70. The number of nitrogens with zero attached hydrogens (tertiary/aromatic N) is 1. The number of benzene rings is 2. The fraction of sp³-hybridized carbons (Fsp3) is 0.167. The molecule has 0 unspecified atom stereocenters. The Morgan fingerprint density at radius 2 is 1.63 bits per heavy atom. The van der Waals surface area contributed by atoms with E-state index in [4.69, 9.17) is 5.11 Å². The third kappa shape index (κ3) is 6.88. The Bertz CT molecular complexity index is 1230. The van der Waals surface area contributed by atoms with Crippen molar-refractivity contribution < 1.29 is 34.5 Å².